The van der Waals surface area contributed by atoms with Crippen LogP contribution in [0.4, 0.5) is 18.9 Å². The number of nitrogens with one attached hydrogen (secondary N) is 1. The fraction of sp³-hybridized carbons (Fsp3) is 0.464. The number of carbonyl (C=O) groups is 1. The molecule has 0 spiro atoms. The number of nitro benzene ring substituents is 1. The van der Waals surface area contributed by atoms with E-state index in [1.165, 1.54) is 27.8 Å². The van der Waals surface area contributed by atoms with Gasteiger partial charge in [-0.25, -0.2) is 0 Å². The maximum absolute atomic E-state index is 14.7. The van der Waals surface area contributed by atoms with Crippen molar-refractivity contribution < 1.29 is 28.0 Å². The van der Waals surface area contributed by atoms with Crippen molar-refractivity contribution in [3.05, 3.63) is 76.0 Å². The van der Waals surface area contributed by atoms with Gasteiger partial charge in [0.2, 0.25) is 11.5 Å². The monoisotopic (exact) mass is 559 g/mol. The minimum atomic E-state index is -5.03. The summed E-state index contributed by atoms with van der Waals surface area (Å²) in [6.45, 7) is 1.98. The summed E-state index contributed by atoms with van der Waals surface area (Å²) >= 11 is 0. The smallest absolute Gasteiger partial charge is 0.375 e. The number of alkyl halides is 3. The van der Waals surface area contributed by atoms with Crippen molar-refractivity contribution in [3.8, 4) is 0 Å². The average molecular weight is 560 g/mol. The fourth-order valence-corrected chi connectivity index (χ4v) is 5.74. The molecule has 12 heteroatoms. The predicted octanol–water partition coefficient (Wildman–Crippen LogP) is 3.49. The summed E-state index contributed by atoms with van der Waals surface area (Å²) in [4.78, 5) is 27.0. The molecule has 0 aliphatic carbocycles. The lowest BCUT2D eigenvalue weighted by molar-refractivity contribution is -0.384. The van der Waals surface area contributed by atoms with Crippen LogP contribution in [0.25, 0.3) is 10.9 Å². The minimum Gasteiger partial charge on any atom is -0.375 e. The minimum absolute atomic E-state index is 0.0396. The van der Waals surface area contributed by atoms with Gasteiger partial charge in [-0.15, -0.1) is 0 Å². The van der Waals surface area contributed by atoms with Crippen molar-refractivity contribution in [3.63, 3.8) is 0 Å². The first-order valence-electron chi connectivity index (χ1n) is 13.4. The summed E-state index contributed by atoms with van der Waals surface area (Å²) in [5, 5.41) is 26.2. The van der Waals surface area contributed by atoms with E-state index in [0.29, 0.717) is 13.1 Å². The summed E-state index contributed by atoms with van der Waals surface area (Å²) in [6, 6.07) is 12.7. The van der Waals surface area contributed by atoms with E-state index >= 15 is 0 Å². The molecule has 214 valence electrons. The van der Waals surface area contributed by atoms with Gasteiger partial charge in [0, 0.05) is 74.5 Å². The van der Waals surface area contributed by atoms with E-state index in [-0.39, 0.29) is 53.6 Å². The van der Waals surface area contributed by atoms with Gasteiger partial charge in [0.1, 0.15) is 0 Å². The van der Waals surface area contributed by atoms with Gasteiger partial charge < -0.3 is 19.9 Å². The standard InChI is InChI=1S/C28H32F3N5O4/c29-28(30,31)27(38,19-33-12-14-34(15-13-33)26(37)21-8-10-32-11-9-21)24-18-35(17-20-4-2-1-3-5-20)25-16-22(36(39)40)6-7-23(24)25/h1-7,16,18,21,32,38H,8-15,17,19H2. The number of benzene rings is 2. The Bertz CT molecular complexity index is 1370. The molecule has 1 atom stereocenters. The highest BCUT2D eigenvalue weighted by Gasteiger charge is 2.57. The molecule has 2 saturated heterocycles. The molecule has 1 aromatic heterocycles. The highest BCUT2D eigenvalue weighted by Crippen LogP contribution is 2.44. The number of aliphatic hydroxyl groups is 1. The van der Waals surface area contributed by atoms with Gasteiger partial charge in [0.25, 0.3) is 5.69 Å². The van der Waals surface area contributed by atoms with E-state index in [9.17, 15) is 33.2 Å². The molecule has 1 amide bonds. The number of nitrogens with zero attached hydrogens (tertiary/aromatic N) is 4. The summed E-state index contributed by atoms with van der Waals surface area (Å²) in [5.41, 5.74) is -2.81. The summed E-state index contributed by atoms with van der Waals surface area (Å²) in [6.07, 6.45) is -2.27. The predicted molar refractivity (Wildman–Crippen MR) is 143 cm³/mol. The van der Waals surface area contributed by atoms with Crippen LogP contribution in [0.1, 0.15) is 24.0 Å². The SMILES string of the molecule is O=C(C1CCNCC1)N1CCN(CC(O)(c2cn(Cc3ccccc3)c3cc([N+](=O)[O-])ccc23)C(F)(F)F)CC1. The quantitative estimate of drug-likeness (QED) is 0.339. The van der Waals surface area contributed by atoms with E-state index in [2.05, 4.69) is 5.32 Å². The molecule has 3 heterocycles. The van der Waals surface area contributed by atoms with Crippen LogP contribution in [0.5, 0.6) is 0 Å². The van der Waals surface area contributed by atoms with Gasteiger partial charge in [-0.1, -0.05) is 30.3 Å². The van der Waals surface area contributed by atoms with E-state index < -0.39 is 23.2 Å². The van der Waals surface area contributed by atoms with Crippen molar-refractivity contribution in [2.45, 2.75) is 31.2 Å². The number of nitro groups is 1. The summed E-state index contributed by atoms with van der Waals surface area (Å²) < 4.78 is 45.6. The topological polar surface area (TPSA) is 104 Å². The van der Waals surface area contributed by atoms with Crippen LogP contribution < -0.4 is 5.32 Å². The van der Waals surface area contributed by atoms with Crippen LogP contribution >= 0.6 is 0 Å². The van der Waals surface area contributed by atoms with Crippen LogP contribution in [0.2, 0.25) is 0 Å². The maximum atomic E-state index is 14.7. The number of halogens is 3. The number of β-amino-alcohol motifs (C(OH)–C–C–N with tert-alkyl or cyclic N) is 1. The number of rotatable bonds is 7. The number of hydrogen-bond acceptors (Lipinski definition) is 6. The van der Waals surface area contributed by atoms with E-state index in [0.717, 1.165) is 37.6 Å². The van der Waals surface area contributed by atoms with Crippen molar-refractivity contribution in [2.24, 2.45) is 5.92 Å². The lowest BCUT2D eigenvalue weighted by Crippen LogP contribution is -2.57. The first kappa shape index (κ1) is 28.1. The molecule has 0 radical (unpaired) electrons. The Hall–Kier alpha value is -3.48. The molecule has 2 aliphatic rings. The molecular weight excluding hydrogens is 527 g/mol. The summed E-state index contributed by atoms with van der Waals surface area (Å²) in [7, 11) is 0. The summed E-state index contributed by atoms with van der Waals surface area (Å²) in [5.74, 6) is -0.0301. The molecular formula is C28H32F3N5O4. The first-order valence-corrected chi connectivity index (χ1v) is 13.4. The van der Waals surface area contributed by atoms with Gasteiger partial charge in [0.05, 0.1) is 10.4 Å². The molecule has 2 N–H and O–H groups in total. The zero-order chi connectivity index (χ0) is 28.5. The molecule has 9 nitrogen and oxygen atoms in total. The normalized spacial score (nSPS) is 19.1. The molecule has 0 saturated carbocycles. The van der Waals surface area contributed by atoms with Gasteiger partial charge in [-0.2, -0.15) is 13.2 Å². The van der Waals surface area contributed by atoms with Crippen LogP contribution in [0, 0.1) is 16.0 Å². The Kier molecular flexibility index (Phi) is 7.85. The van der Waals surface area contributed by atoms with E-state index in [1.54, 1.807) is 17.0 Å². The molecule has 0 bridgehead atoms. The maximum Gasteiger partial charge on any atom is 0.422 e. The first-order chi connectivity index (χ1) is 19.1. The zero-order valence-corrected chi connectivity index (χ0v) is 21.9. The lowest BCUT2D eigenvalue weighted by Gasteiger charge is -2.41. The number of piperidine rings is 1. The van der Waals surface area contributed by atoms with Crippen molar-refractivity contribution in [2.75, 3.05) is 45.8 Å². The molecule has 2 aromatic carbocycles. The third-order valence-corrected chi connectivity index (χ3v) is 8.01. The molecule has 2 aliphatic heterocycles. The second-order valence-corrected chi connectivity index (χ2v) is 10.6. The Morgan fingerprint density at radius 2 is 1.73 bits per heavy atom. The van der Waals surface area contributed by atoms with Crippen LogP contribution in [0.3, 0.4) is 0 Å². The molecule has 2 fully saturated rings. The van der Waals surface area contributed by atoms with E-state index in [4.69, 9.17) is 0 Å². The second kappa shape index (κ2) is 11.2. The molecule has 40 heavy (non-hydrogen) atoms. The largest absolute Gasteiger partial charge is 0.422 e. The van der Waals surface area contributed by atoms with Gasteiger partial charge in [-0.05, 0) is 37.6 Å². The van der Waals surface area contributed by atoms with Gasteiger partial charge >= 0.3 is 6.18 Å². The number of amides is 1. The lowest BCUT2D eigenvalue weighted by atomic mass is 9.91. The van der Waals surface area contributed by atoms with Gasteiger partial charge in [-0.3, -0.25) is 19.8 Å². The highest BCUT2D eigenvalue weighted by molar-refractivity contribution is 5.87. The third kappa shape index (κ3) is 5.56. The van der Waals surface area contributed by atoms with Crippen LogP contribution in [-0.4, -0.2) is 82.3 Å². The average Bonchev–Trinajstić information content (AvgIpc) is 3.31. The second-order valence-electron chi connectivity index (χ2n) is 10.6. The molecule has 3 aromatic rings. The Morgan fingerprint density at radius 1 is 1.05 bits per heavy atom. The van der Waals surface area contributed by atoms with Crippen molar-refractivity contribution in [1.29, 1.82) is 0 Å². The molecule has 1 unspecified atom stereocenters. The Morgan fingerprint density at radius 3 is 2.35 bits per heavy atom. The zero-order valence-electron chi connectivity index (χ0n) is 21.9. The number of aromatic nitrogens is 1. The van der Waals surface area contributed by atoms with Gasteiger partial charge in [0.15, 0.2) is 0 Å². The van der Waals surface area contributed by atoms with Crippen LogP contribution in [-0.2, 0) is 16.9 Å². The number of non-ortho nitro benzene ring substituents is 1. The fourth-order valence-electron chi connectivity index (χ4n) is 5.74. The third-order valence-electron chi connectivity index (χ3n) is 8.01. The number of carbonyl (C=O) groups excluding carboxylic acids is 1. The molecule has 5 rings (SSSR count). The van der Waals surface area contributed by atoms with E-state index in [1.807, 2.05) is 18.2 Å². The Balaban J connectivity index is 1.43. The number of fused-ring (bicyclic) bond motifs is 1. The van der Waals surface area contributed by atoms with Crippen molar-refractivity contribution in [1.82, 2.24) is 19.7 Å². The Labute approximate surface area is 229 Å². The highest BCUT2D eigenvalue weighted by atomic mass is 19.4. The number of piperazine rings is 1. The van der Waals surface area contributed by atoms with Crippen molar-refractivity contribution >= 4 is 22.5 Å². The number of hydrogen-bond donors (Lipinski definition) is 2. The van der Waals surface area contributed by atoms with Crippen LogP contribution in [0.15, 0.2) is 54.7 Å².